The summed E-state index contributed by atoms with van der Waals surface area (Å²) in [5, 5.41) is -0.271. The van der Waals surface area contributed by atoms with Crippen LogP contribution in [0.3, 0.4) is 0 Å². The first-order valence-electron chi connectivity index (χ1n) is 6.74. The quantitative estimate of drug-likeness (QED) is 0.863. The monoisotopic (exact) mass is 309 g/mol. The SMILES string of the molecule is COc1ccc2c(c1)nc(C(C)Cl)n2CC(C)(C)C(N)=O. The molecule has 0 radical (unpaired) electrons. The van der Waals surface area contributed by atoms with Gasteiger partial charge in [0.25, 0.3) is 0 Å². The van der Waals surface area contributed by atoms with E-state index in [0.717, 1.165) is 16.8 Å². The molecule has 114 valence electrons. The summed E-state index contributed by atoms with van der Waals surface area (Å²) in [5.41, 5.74) is 6.49. The van der Waals surface area contributed by atoms with Crippen LogP contribution >= 0.6 is 11.6 Å². The lowest BCUT2D eigenvalue weighted by Crippen LogP contribution is -2.35. The standard InChI is InChI=1S/C15H20ClN3O2/c1-9(16)13-18-11-7-10(21-4)5-6-12(11)19(13)8-15(2,3)14(17)20/h5-7,9H,8H2,1-4H3,(H2,17,20). The summed E-state index contributed by atoms with van der Waals surface area (Å²) in [5.74, 6) is 1.09. The molecular formula is C15H20ClN3O2. The van der Waals surface area contributed by atoms with Crippen LogP contribution in [0.2, 0.25) is 0 Å². The highest BCUT2D eigenvalue weighted by atomic mass is 35.5. The summed E-state index contributed by atoms with van der Waals surface area (Å²) in [6.07, 6.45) is 0. The number of ether oxygens (including phenoxy) is 1. The van der Waals surface area contributed by atoms with Gasteiger partial charge in [-0.3, -0.25) is 4.79 Å². The fraction of sp³-hybridized carbons (Fsp3) is 0.467. The fourth-order valence-corrected chi connectivity index (χ4v) is 2.36. The molecule has 0 aliphatic carbocycles. The number of carbonyl (C=O) groups excluding carboxylic acids is 1. The lowest BCUT2D eigenvalue weighted by Gasteiger charge is -2.23. The molecule has 1 heterocycles. The Morgan fingerprint density at radius 2 is 2.19 bits per heavy atom. The van der Waals surface area contributed by atoms with Crippen molar-refractivity contribution >= 4 is 28.5 Å². The first kappa shape index (κ1) is 15.6. The third kappa shape index (κ3) is 2.97. The van der Waals surface area contributed by atoms with Gasteiger partial charge in [-0.25, -0.2) is 4.98 Å². The van der Waals surface area contributed by atoms with Gasteiger partial charge in [-0.05, 0) is 32.9 Å². The number of hydrogen-bond acceptors (Lipinski definition) is 3. The van der Waals surface area contributed by atoms with Crippen LogP contribution < -0.4 is 10.5 Å². The molecule has 0 aliphatic heterocycles. The van der Waals surface area contributed by atoms with E-state index in [0.29, 0.717) is 12.4 Å². The molecule has 0 aliphatic rings. The number of imidazole rings is 1. The van der Waals surface area contributed by atoms with Crippen LogP contribution in [0.15, 0.2) is 18.2 Å². The molecule has 0 spiro atoms. The Morgan fingerprint density at radius 3 is 2.71 bits per heavy atom. The summed E-state index contributed by atoms with van der Waals surface area (Å²) in [7, 11) is 1.61. The second kappa shape index (κ2) is 5.56. The highest BCUT2D eigenvalue weighted by Crippen LogP contribution is 2.30. The van der Waals surface area contributed by atoms with E-state index >= 15 is 0 Å². The Bertz CT molecular complexity index is 677. The van der Waals surface area contributed by atoms with Crippen LogP contribution in [0, 0.1) is 5.41 Å². The van der Waals surface area contributed by atoms with Gasteiger partial charge in [-0.2, -0.15) is 0 Å². The van der Waals surface area contributed by atoms with Crippen molar-refractivity contribution in [1.29, 1.82) is 0 Å². The first-order chi connectivity index (χ1) is 9.76. The molecule has 0 saturated carbocycles. The van der Waals surface area contributed by atoms with E-state index in [1.807, 2.05) is 43.5 Å². The highest BCUT2D eigenvalue weighted by Gasteiger charge is 2.28. The maximum atomic E-state index is 11.6. The van der Waals surface area contributed by atoms with Gasteiger partial charge in [-0.1, -0.05) is 0 Å². The molecule has 1 aromatic heterocycles. The number of rotatable bonds is 5. The van der Waals surface area contributed by atoms with Gasteiger partial charge in [0.15, 0.2) is 0 Å². The Kier molecular flexibility index (Phi) is 4.14. The summed E-state index contributed by atoms with van der Waals surface area (Å²) in [6.45, 7) is 5.91. The van der Waals surface area contributed by atoms with Crippen molar-refractivity contribution in [2.45, 2.75) is 32.7 Å². The van der Waals surface area contributed by atoms with Crippen LogP contribution in [0.5, 0.6) is 5.75 Å². The van der Waals surface area contributed by atoms with Crippen molar-refractivity contribution in [2.75, 3.05) is 7.11 Å². The van der Waals surface area contributed by atoms with Crippen molar-refractivity contribution in [1.82, 2.24) is 9.55 Å². The number of halogens is 1. The third-order valence-electron chi connectivity index (χ3n) is 3.56. The topological polar surface area (TPSA) is 70.1 Å². The van der Waals surface area contributed by atoms with Gasteiger partial charge < -0.3 is 15.0 Å². The zero-order chi connectivity index (χ0) is 15.8. The molecule has 6 heteroatoms. The van der Waals surface area contributed by atoms with E-state index in [1.54, 1.807) is 7.11 Å². The number of hydrogen-bond donors (Lipinski definition) is 1. The molecule has 21 heavy (non-hydrogen) atoms. The smallest absolute Gasteiger partial charge is 0.224 e. The number of nitrogens with zero attached hydrogens (tertiary/aromatic N) is 2. The maximum absolute atomic E-state index is 11.6. The van der Waals surface area contributed by atoms with Crippen molar-refractivity contribution in [2.24, 2.45) is 11.1 Å². The molecule has 5 nitrogen and oxygen atoms in total. The second-order valence-corrected chi connectivity index (χ2v) is 6.43. The van der Waals surface area contributed by atoms with E-state index in [9.17, 15) is 4.79 Å². The predicted molar refractivity (Wildman–Crippen MR) is 83.5 cm³/mol. The van der Waals surface area contributed by atoms with Gasteiger partial charge in [0.05, 0.1) is 28.9 Å². The van der Waals surface area contributed by atoms with E-state index in [2.05, 4.69) is 4.98 Å². The largest absolute Gasteiger partial charge is 0.497 e. The minimum atomic E-state index is -0.686. The number of amides is 1. The normalized spacial score (nSPS) is 13.4. The van der Waals surface area contributed by atoms with Gasteiger partial charge in [0, 0.05) is 12.6 Å². The molecule has 2 aromatic rings. The van der Waals surface area contributed by atoms with Gasteiger partial charge in [0.1, 0.15) is 11.6 Å². The molecule has 2 N–H and O–H groups in total. The molecule has 0 fully saturated rings. The highest BCUT2D eigenvalue weighted by molar-refractivity contribution is 6.20. The number of methoxy groups -OCH3 is 1. The van der Waals surface area contributed by atoms with E-state index in [4.69, 9.17) is 22.1 Å². The third-order valence-corrected chi connectivity index (χ3v) is 3.76. The fourth-order valence-electron chi connectivity index (χ4n) is 2.20. The zero-order valence-corrected chi connectivity index (χ0v) is 13.4. The van der Waals surface area contributed by atoms with E-state index in [-0.39, 0.29) is 11.3 Å². The summed E-state index contributed by atoms with van der Waals surface area (Å²) in [4.78, 5) is 16.2. The lowest BCUT2D eigenvalue weighted by atomic mass is 9.92. The van der Waals surface area contributed by atoms with E-state index in [1.165, 1.54) is 0 Å². The minimum Gasteiger partial charge on any atom is -0.497 e. The number of aromatic nitrogens is 2. The predicted octanol–water partition coefficient (Wildman–Crippen LogP) is 2.86. The molecule has 1 aromatic carbocycles. The number of benzene rings is 1. The Hall–Kier alpha value is -1.75. The number of carbonyl (C=O) groups is 1. The Balaban J connectivity index is 2.59. The van der Waals surface area contributed by atoms with Gasteiger partial charge >= 0.3 is 0 Å². The first-order valence-corrected chi connectivity index (χ1v) is 7.18. The van der Waals surface area contributed by atoms with Crippen LogP contribution in [-0.4, -0.2) is 22.6 Å². The average molecular weight is 310 g/mol. The lowest BCUT2D eigenvalue weighted by molar-refractivity contribution is -0.126. The molecule has 1 atom stereocenters. The summed E-state index contributed by atoms with van der Waals surface area (Å²) >= 11 is 6.23. The molecular weight excluding hydrogens is 290 g/mol. The molecule has 1 unspecified atom stereocenters. The number of nitrogens with two attached hydrogens (primary N) is 1. The molecule has 0 saturated heterocycles. The summed E-state index contributed by atoms with van der Waals surface area (Å²) in [6, 6.07) is 5.63. The minimum absolute atomic E-state index is 0.271. The van der Waals surface area contributed by atoms with Crippen LogP contribution in [0.25, 0.3) is 11.0 Å². The Labute approximate surface area is 129 Å². The molecule has 0 bridgehead atoms. The average Bonchev–Trinajstić information content (AvgIpc) is 2.76. The Morgan fingerprint density at radius 1 is 1.52 bits per heavy atom. The number of alkyl halides is 1. The van der Waals surface area contributed by atoms with Crippen molar-refractivity contribution in [3.63, 3.8) is 0 Å². The van der Waals surface area contributed by atoms with Crippen molar-refractivity contribution in [3.8, 4) is 5.75 Å². The zero-order valence-electron chi connectivity index (χ0n) is 12.7. The van der Waals surface area contributed by atoms with Crippen molar-refractivity contribution < 1.29 is 9.53 Å². The number of fused-ring (bicyclic) bond motifs is 1. The van der Waals surface area contributed by atoms with E-state index < -0.39 is 5.41 Å². The second-order valence-electron chi connectivity index (χ2n) is 5.77. The van der Waals surface area contributed by atoms with Crippen LogP contribution in [-0.2, 0) is 11.3 Å². The molecule has 1 amide bonds. The van der Waals surface area contributed by atoms with Gasteiger partial charge in [-0.15, -0.1) is 11.6 Å². The molecule has 2 rings (SSSR count). The maximum Gasteiger partial charge on any atom is 0.224 e. The van der Waals surface area contributed by atoms with Crippen molar-refractivity contribution in [3.05, 3.63) is 24.0 Å². The van der Waals surface area contributed by atoms with Crippen LogP contribution in [0.1, 0.15) is 32.0 Å². The van der Waals surface area contributed by atoms with Gasteiger partial charge in [0.2, 0.25) is 5.91 Å². The number of primary amides is 1. The van der Waals surface area contributed by atoms with Crippen LogP contribution in [0.4, 0.5) is 0 Å². The summed E-state index contributed by atoms with van der Waals surface area (Å²) < 4.78 is 7.17.